The van der Waals surface area contributed by atoms with Gasteiger partial charge in [0.25, 0.3) is 0 Å². The first kappa shape index (κ1) is 12.9. The quantitative estimate of drug-likeness (QED) is 0.801. The summed E-state index contributed by atoms with van der Waals surface area (Å²) in [5, 5.41) is 0. The van der Waals surface area contributed by atoms with Gasteiger partial charge in [-0.15, -0.1) is 0 Å². The van der Waals surface area contributed by atoms with Crippen molar-refractivity contribution in [2.45, 2.75) is 64.5 Å². The molecule has 0 aromatic heterocycles. The molecule has 1 saturated carbocycles. The Kier molecular flexibility index (Phi) is 4.08. The van der Waals surface area contributed by atoms with Crippen LogP contribution in [0.25, 0.3) is 0 Å². The topological polar surface area (TPSA) is 46.3 Å². The molecule has 2 N–H and O–H groups in total. The molecule has 3 nitrogen and oxygen atoms in total. The standard InChI is InChI=1S/C14H26N2O/c1-10(2)13-4-3-9-16(13)14(17)11-5-7-12(15)8-6-11/h10-13H,3-9,15H2,1-2H3. The molecule has 0 radical (unpaired) electrons. The van der Waals surface area contributed by atoms with Gasteiger partial charge < -0.3 is 10.6 Å². The molecule has 1 heterocycles. The van der Waals surface area contributed by atoms with Crippen LogP contribution in [0.4, 0.5) is 0 Å². The Labute approximate surface area is 105 Å². The molecule has 3 heteroatoms. The van der Waals surface area contributed by atoms with E-state index in [2.05, 4.69) is 18.7 Å². The Morgan fingerprint density at radius 2 is 1.82 bits per heavy atom. The third-order valence-electron chi connectivity index (χ3n) is 4.47. The van der Waals surface area contributed by atoms with Gasteiger partial charge in [-0.25, -0.2) is 0 Å². The normalized spacial score (nSPS) is 34.4. The van der Waals surface area contributed by atoms with Gasteiger partial charge in [-0.2, -0.15) is 0 Å². The zero-order valence-electron chi connectivity index (χ0n) is 11.2. The van der Waals surface area contributed by atoms with Crippen LogP contribution in [-0.2, 0) is 4.79 Å². The van der Waals surface area contributed by atoms with Gasteiger partial charge in [0, 0.05) is 24.5 Å². The van der Waals surface area contributed by atoms with Crippen molar-refractivity contribution in [3.05, 3.63) is 0 Å². The largest absolute Gasteiger partial charge is 0.339 e. The number of carbonyl (C=O) groups is 1. The van der Waals surface area contributed by atoms with Crippen molar-refractivity contribution in [3.8, 4) is 0 Å². The van der Waals surface area contributed by atoms with Gasteiger partial charge >= 0.3 is 0 Å². The van der Waals surface area contributed by atoms with Crippen LogP contribution < -0.4 is 5.73 Å². The van der Waals surface area contributed by atoms with E-state index in [0.29, 0.717) is 23.9 Å². The van der Waals surface area contributed by atoms with Gasteiger partial charge in [-0.1, -0.05) is 13.8 Å². The van der Waals surface area contributed by atoms with Crippen molar-refractivity contribution in [2.75, 3.05) is 6.54 Å². The van der Waals surface area contributed by atoms with Gasteiger partial charge in [-0.3, -0.25) is 4.79 Å². The lowest BCUT2D eigenvalue weighted by Crippen LogP contribution is -2.43. The fourth-order valence-corrected chi connectivity index (χ4v) is 3.36. The third kappa shape index (κ3) is 2.82. The number of hydrogen-bond acceptors (Lipinski definition) is 2. The van der Waals surface area contributed by atoms with Crippen molar-refractivity contribution < 1.29 is 4.79 Å². The Morgan fingerprint density at radius 3 is 2.41 bits per heavy atom. The van der Waals surface area contributed by atoms with Gasteiger partial charge in [0.15, 0.2) is 0 Å². The molecule has 17 heavy (non-hydrogen) atoms. The lowest BCUT2D eigenvalue weighted by molar-refractivity contribution is -0.138. The second-order valence-electron chi connectivity index (χ2n) is 6.10. The van der Waals surface area contributed by atoms with Crippen LogP contribution >= 0.6 is 0 Å². The summed E-state index contributed by atoms with van der Waals surface area (Å²) in [4.78, 5) is 14.7. The molecule has 0 aromatic rings. The molecular formula is C14H26N2O. The molecule has 2 aliphatic rings. The zero-order chi connectivity index (χ0) is 12.4. The maximum absolute atomic E-state index is 12.5. The first-order valence-corrected chi connectivity index (χ1v) is 7.15. The van der Waals surface area contributed by atoms with Crippen LogP contribution in [0, 0.1) is 11.8 Å². The maximum Gasteiger partial charge on any atom is 0.225 e. The fraction of sp³-hybridized carbons (Fsp3) is 0.929. The molecule has 1 unspecified atom stereocenters. The fourth-order valence-electron chi connectivity index (χ4n) is 3.36. The molecule has 0 spiro atoms. The minimum Gasteiger partial charge on any atom is -0.339 e. The smallest absolute Gasteiger partial charge is 0.225 e. The highest BCUT2D eigenvalue weighted by Gasteiger charge is 2.35. The first-order valence-electron chi connectivity index (χ1n) is 7.15. The number of hydrogen-bond donors (Lipinski definition) is 1. The van der Waals surface area contributed by atoms with E-state index in [-0.39, 0.29) is 5.92 Å². The number of amides is 1. The van der Waals surface area contributed by atoms with Crippen LogP contribution in [0.5, 0.6) is 0 Å². The SMILES string of the molecule is CC(C)C1CCCN1C(=O)C1CCC(N)CC1. The average molecular weight is 238 g/mol. The number of nitrogens with two attached hydrogens (primary N) is 1. The Morgan fingerprint density at radius 1 is 1.18 bits per heavy atom. The summed E-state index contributed by atoms with van der Waals surface area (Å²) >= 11 is 0. The summed E-state index contributed by atoms with van der Waals surface area (Å²) in [6.07, 6.45) is 6.42. The van der Waals surface area contributed by atoms with E-state index < -0.39 is 0 Å². The van der Waals surface area contributed by atoms with E-state index in [0.717, 1.165) is 32.2 Å². The van der Waals surface area contributed by atoms with E-state index in [1.165, 1.54) is 12.8 Å². The molecule has 1 atom stereocenters. The Balaban J connectivity index is 1.95. The summed E-state index contributed by atoms with van der Waals surface area (Å²) in [6, 6.07) is 0.816. The molecular weight excluding hydrogens is 212 g/mol. The van der Waals surface area contributed by atoms with E-state index in [1.807, 2.05) is 0 Å². The van der Waals surface area contributed by atoms with Crippen molar-refractivity contribution >= 4 is 5.91 Å². The summed E-state index contributed by atoms with van der Waals surface area (Å²) in [7, 11) is 0. The van der Waals surface area contributed by atoms with Crippen molar-refractivity contribution in [1.29, 1.82) is 0 Å². The van der Waals surface area contributed by atoms with Gasteiger partial charge in [0.1, 0.15) is 0 Å². The summed E-state index contributed by atoms with van der Waals surface area (Å²) in [5.41, 5.74) is 5.90. The lowest BCUT2D eigenvalue weighted by Gasteiger charge is -2.33. The highest BCUT2D eigenvalue weighted by atomic mass is 16.2. The van der Waals surface area contributed by atoms with Crippen molar-refractivity contribution in [1.82, 2.24) is 4.90 Å². The summed E-state index contributed by atoms with van der Waals surface area (Å²) < 4.78 is 0. The summed E-state index contributed by atoms with van der Waals surface area (Å²) in [6.45, 7) is 5.43. The van der Waals surface area contributed by atoms with Crippen LogP contribution in [0.1, 0.15) is 52.4 Å². The second kappa shape index (κ2) is 5.38. The lowest BCUT2D eigenvalue weighted by atomic mass is 9.85. The molecule has 2 rings (SSSR count). The molecule has 1 saturated heterocycles. The van der Waals surface area contributed by atoms with E-state index in [4.69, 9.17) is 5.73 Å². The van der Waals surface area contributed by atoms with Crippen LogP contribution in [0.3, 0.4) is 0 Å². The summed E-state index contributed by atoms with van der Waals surface area (Å²) in [5.74, 6) is 1.26. The van der Waals surface area contributed by atoms with E-state index in [1.54, 1.807) is 0 Å². The Hall–Kier alpha value is -0.570. The number of likely N-dealkylation sites (tertiary alicyclic amines) is 1. The second-order valence-corrected chi connectivity index (χ2v) is 6.10. The highest BCUT2D eigenvalue weighted by Crippen LogP contribution is 2.30. The van der Waals surface area contributed by atoms with Crippen LogP contribution in [0.2, 0.25) is 0 Å². The molecule has 1 aliphatic heterocycles. The van der Waals surface area contributed by atoms with E-state index >= 15 is 0 Å². The maximum atomic E-state index is 12.5. The van der Waals surface area contributed by atoms with Gasteiger partial charge in [0.2, 0.25) is 5.91 Å². The molecule has 2 fully saturated rings. The zero-order valence-corrected chi connectivity index (χ0v) is 11.2. The molecule has 0 aromatic carbocycles. The number of carbonyl (C=O) groups excluding carboxylic acids is 1. The highest BCUT2D eigenvalue weighted by molar-refractivity contribution is 5.79. The minimum absolute atomic E-state index is 0.258. The molecule has 0 bridgehead atoms. The predicted molar refractivity (Wildman–Crippen MR) is 69.5 cm³/mol. The van der Waals surface area contributed by atoms with Crippen LogP contribution in [0.15, 0.2) is 0 Å². The molecule has 98 valence electrons. The predicted octanol–water partition coefficient (Wildman–Crippen LogP) is 2.15. The van der Waals surface area contributed by atoms with Gasteiger partial charge in [0.05, 0.1) is 0 Å². The third-order valence-corrected chi connectivity index (χ3v) is 4.47. The molecule has 1 amide bonds. The number of rotatable bonds is 2. The van der Waals surface area contributed by atoms with Crippen molar-refractivity contribution in [3.63, 3.8) is 0 Å². The number of nitrogens with zero attached hydrogens (tertiary/aromatic N) is 1. The average Bonchev–Trinajstić information content (AvgIpc) is 2.78. The van der Waals surface area contributed by atoms with Gasteiger partial charge in [-0.05, 0) is 44.4 Å². The Bertz CT molecular complexity index is 269. The first-order chi connectivity index (χ1) is 8.09. The minimum atomic E-state index is 0.258. The van der Waals surface area contributed by atoms with Crippen LogP contribution in [-0.4, -0.2) is 29.4 Å². The molecule has 1 aliphatic carbocycles. The van der Waals surface area contributed by atoms with Crippen molar-refractivity contribution in [2.24, 2.45) is 17.6 Å². The monoisotopic (exact) mass is 238 g/mol. The van der Waals surface area contributed by atoms with E-state index in [9.17, 15) is 4.79 Å².